The molecule has 1 N–H and O–H groups in total. The number of carbonyl (C=O) groups is 1. The average Bonchev–Trinajstić information content (AvgIpc) is 2.55. The molecule has 0 saturated carbocycles. The molecule has 0 saturated heterocycles. The first kappa shape index (κ1) is 16.8. The van der Waals surface area contributed by atoms with Crippen LogP contribution in [0.4, 0.5) is 0 Å². The summed E-state index contributed by atoms with van der Waals surface area (Å²) < 4.78 is 5.73. The molecule has 0 aromatic heterocycles. The third kappa shape index (κ3) is 4.23. The first-order valence-electron chi connectivity index (χ1n) is 8.44. The van der Waals surface area contributed by atoms with Crippen LogP contribution in [0.1, 0.15) is 44.2 Å². The molecule has 0 radical (unpaired) electrons. The molecule has 2 rings (SSSR count). The van der Waals surface area contributed by atoms with Gasteiger partial charge in [0.05, 0.1) is 0 Å². The van der Waals surface area contributed by atoms with Crippen molar-refractivity contribution < 1.29 is 9.53 Å². The fourth-order valence-corrected chi connectivity index (χ4v) is 3.39. The second-order valence-electron chi connectivity index (χ2n) is 5.94. The summed E-state index contributed by atoms with van der Waals surface area (Å²) in [5.41, 5.74) is 2.72. The van der Waals surface area contributed by atoms with Crippen LogP contribution in [0.2, 0.25) is 0 Å². The summed E-state index contributed by atoms with van der Waals surface area (Å²) in [4.78, 5) is 13.0. The van der Waals surface area contributed by atoms with Crippen LogP contribution in [0.3, 0.4) is 0 Å². The SMILES string of the molecule is CCCN(CCC)C1CCc2cccc(OCNC=O)c2C1. The van der Waals surface area contributed by atoms with Crippen molar-refractivity contribution in [3.8, 4) is 5.75 Å². The monoisotopic (exact) mass is 304 g/mol. The molecule has 1 aliphatic rings. The maximum absolute atomic E-state index is 10.4. The van der Waals surface area contributed by atoms with Crippen molar-refractivity contribution in [3.05, 3.63) is 29.3 Å². The van der Waals surface area contributed by atoms with E-state index in [1.807, 2.05) is 12.1 Å². The molecule has 0 bridgehead atoms. The van der Waals surface area contributed by atoms with Gasteiger partial charge in [-0.25, -0.2) is 0 Å². The molecule has 1 aromatic carbocycles. The number of amides is 1. The fraction of sp³-hybridized carbons (Fsp3) is 0.611. The molecular formula is C18H28N2O2. The van der Waals surface area contributed by atoms with E-state index in [0.717, 1.165) is 18.6 Å². The molecule has 122 valence electrons. The number of fused-ring (bicyclic) bond motifs is 1. The maximum atomic E-state index is 10.4. The molecule has 0 spiro atoms. The van der Waals surface area contributed by atoms with Crippen molar-refractivity contribution in [1.29, 1.82) is 0 Å². The van der Waals surface area contributed by atoms with E-state index >= 15 is 0 Å². The first-order chi connectivity index (χ1) is 10.8. The van der Waals surface area contributed by atoms with E-state index in [9.17, 15) is 4.79 Å². The van der Waals surface area contributed by atoms with Crippen molar-refractivity contribution >= 4 is 6.41 Å². The van der Waals surface area contributed by atoms with Crippen molar-refractivity contribution in [2.24, 2.45) is 0 Å². The lowest BCUT2D eigenvalue weighted by atomic mass is 9.86. The van der Waals surface area contributed by atoms with E-state index in [0.29, 0.717) is 12.5 Å². The Morgan fingerprint density at radius 2 is 2.09 bits per heavy atom. The molecule has 1 aliphatic carbocycles. The Morgan fingerprint density at radius 3 is 2.77 bits per heavy atom. The van der Waals surface area contributed by atoms with E-state index in [-0.39, 0.29) is 6.73 Å². The zero-order chi connectivity index (χ0) is 15.8. The van der Waals surface area contributed by atoms with Gasteiger partial charge in [-0.1, -0.05) is 26.0 Å². The van der Waals surface area contributed by atoms with Crippen LogP contribution in [0, 0.1) is 0 Å². The largest absolute Gasteiger partial charge is 0.473 e. The third-order valence-electron chi connectivity index (χ3n) is 4.35. The highest BCUT2D eigenvalue weighted by molar-refractivity contribution is 5.46. The molecule has 0 heterocycles. The topological polar surface area (TPSA) is 41.6 Å². The lowest BCUT2D eigenvalue weighted by molar-refractivity contribution is -0.110. The lowest BCUT2D eigenvalue weighted by Crippen LogP contribution is -2.40. The van der Waals surface area contributed by atoms with Crippen molar-refractivity contribution in [1.82, 2.24) is 10.2 Å². The van der Waals surface area contributed by atoms with Gasteiger partial charge in [0.1, 0.15) is 5.75 Å². The van der Waals surface area contributed by atoms with Gasteiger partial charge in [-0.05, 0) is 62.4 Å². The number of benzene rings is 1. The Bertz CT molecular complexity index is 470. The third-order valence-corrected chi connectivity index (χ3v) is 4.35. The highest BCUT2D eigenvalue weighted by Crippen LogP contribution is 2.31. The Morgan fingerprint density at radius 1 is 1.32 bits per heavy atom. The van der Waals surface area contributed by atoms with Crippen LogP contribution in [-0.2, 0) is 17.6 Å². The molecule has 1 aromatic rings. The van der Waals surface area contributed by atoms with Gasteiger partial charge in [0.15, 0.2) is 6.73 Å². The summed E-state index contributed by atoms with van der Waals surface area (Å²) in [6.07, 6.45) is 6.45. The van der Waals surface area contributed by atoms with Gasteiger partial charge in [0.25, 0.3) is 0 Å². The van der Waals surface area contributed by atoms with Crippen molar-refractivity contribution in [3.63, 3.8) is 0 Å². The standard InChI is InChI=1S/C18H28N2O2/c1-3-10-20(11-4-2)16-9-8-15-6-5-7-18(17(15)12-16)22-14-19-13-21/h5-7,13,16H,3-4,8-12,14H2,1-2H3,(H,19,21). The van der Waals surface area contributed by atoms with Gasteiger partial charge < -0.3 is 15.0 Å². The van der Waals surface area contributed by atoms with Crippen LogP contribution >= 0.6 is 0 Å². The second kappa shape index (κ2) is 8.79. The molecule has 22 heavy (non-hydrogen) atoms. The normalized spacial score (nSPS) is 17.1. The van der Waals surface area contributed by atoms with Crippen LogP contribution in [0.5, 0.6) is 5.75 Å². The van der Waals surface area contributed by atoms with Crippen molar-refractivity contribution in [2.45, 2.75) is 52.0 Å². The van der Waals surface area contributed by atoms with E-state index < -0.39 is 0 Å². The predicted octanol–water partition coefficient (Wildman–Crippen LogP) is 2.75. The molecular weight excluding hydrogens is 276 g/mol. The Kier molecular flexibility index (Phi) is 6.72. The number of carbonyl (C=O) groups excluding carboxylic acids is 1. The Hall–Kier alpha value is -1.55. The zero-order valence-corrected chi connectivity index (χ0v) is 13.8. The van der Waals surface area contributed by atoms with Gasteiger partial charge in [-0.15, -0.1) is 0 Å². The molecule has 1 atom stereocenters. The number of nitrogens with zero attached hydrogens (tertiary/aromatic N) is 1. The molecule has 4 heteroatoms. The number of ether oxygens (including phenoxy) is 1. The average molecular weight is 304 g/mol. The highest BCUT2D eigenvalue weighted by Gasteiger charge is 2.25. The summed E-state index contributed by atoms with van der Waals surface area (Å²) in [6, 6.07) is 6.87. The van der Waals surface area contributed by atoms with Crippen molar-refractivity contribution in [2.75, 3.05) is 19.8 Å². The number of aryl methyl sites for hydroxylation is 1. The molecule has 1 amide bonds. The maximum Gasteiger partial charge on any atom is 0.209 e. The Labute approximate surface area is 133 Å². The summed E-state index contributed by atoms with van der Waals surface area (Å²) in [5, 5.41) is 2.56. The zero-order valence-electron chi connectivity index (χ0n) is 13.8. The summed E-state index contributed by atoms with van der Waals surface area (Å²) >= 11 is 0. The minimum Gasteiger partial charge on any atom is -0.473 e. The minimum atomic E-state index is 0.234. The van der Waals surface area contributed by atoms with Crippen LogP contribution in [0.25, 0.3) is 0 Å². The van der Waals surface area contributed by atoms with Crippen LogP contribution in [-0.4, -0.2) is 37.2 Å². The first-order valence-corrected chi connectivity index (χ1v) is 8.44. The molecule has 0 fully saturated rings. The van der Waals surface area contributed by atoms with E-state index in [1.165, 1.54) is 43.5 Å². The van der Waals surface area contributed by atoms with E-state index in [2.05, 4.69) is 30.1 Å². The quantitative estimate of drug-likeness (QED) is 0.433. The number of hydrogen-bond acceptors (Lipinski definition) is 3. The molecule has 0 aliphatic heterocycles. The number of nitrogens with one attached hydrogen (secondary N) is 1. The van der Waals surface area contributed by atoms with Gasteiger partial charge in [0.2, 0.25) is 6.41 Å². The molecule has 1 unspecified atom stereocenters. The summed E-state index contributed by atoms with van der Waals surface area (Å²) in [6.45, 7) is 7.07. The van der Waals surface area contributed by atoms with E-state index in [4.69, 9.17) is 4.74 Å². The molecule has 4 nitrogen and oxygen atoms in total. The summed E-state index contributed by atoms with van der Waals surface area (Å²) in [7, 11) is 0. The lowest BCUT2D eigenvalue weighted by Gasteiger charge is -2.35. The van der Waals surface area contributed by atoms with Crippen LogP contribution < -0.4 is 10.1 Å². The van der Waals surface area contributed by atoms with Crippen LogP contribution in [0.15, 0.2) is 18.2 Å². The minimum absolute atomic E-state index is 0.234. The van der Waals surface area contributed by atoms with E-state index in [1.54, 1.807) is 0 Å². The van der Waals surface area contributed by atoms with Gasteiger partial charge in [-0.2, -0.15) is 0 Å². The Balaban J connectivity index is 2.11. The number of hydrogen-bond donors (Lipinski definition) is 1. The van der Waals surface area contributed by atoms with Gasteiger partial charge >= 0.3 is 0 Å². The summed E-state index contributed by atoms with van der Waals surface area (Å²) in [5.74, 6) is 0.921. The number of rotatable bonds is 9. The second-order valence-corrected chi connectivity index (χ2v) is 5.94. The predicted molar refractivity (Wildman–Crippen MR) is 89.1 cm³/mol. The fourth-order valence-electron chi connectivity index (χ4n) is 3.39. The highest BCUT2D eigenvalue weighted by atomic mass is 16.5. The smallest absolute Gasteiger partial charge is 0.209 e. The van der Waals surface area contributed by atoms with Gasteiger partial charge in [0, 0.05) is 6.04 Å². The van der Waals surface area contributed by atoms with Gasteiger partial charge in [-0.3, -0.25) is 4.79 Å².